The lowest BCUT2D eigenvalue weighted by atomic mass is 9.75. The van der Waals surface area contributed by atoms with Crippen molar-refractivity contribution < 1.29 is 20.4 Å². The highest BCUT2D eigenvalue weighted by molar-refractivity contribution is 4.80. The van der Waals surface area contributed by atoms with Gasteiger partial charge in [0.1, 0.15) is 0 Å². The summed E-state index contributed by atoms with van der Waals surface area (Å²) in [5.74, 6) is 0. The quantitative estimate of drug-likeness (QED) is 0.530. The smallest absolute Gasteiger partial charge is 0.0509 e. The molecule has 0 bridgehead atoms. The van der Waals surface area contributed by atoms with E-state index in [1.54, 1.807) is 0 Å². The van der Waals surface area contributed by atoms with Gasteiger partial charge in [0.25, 0.3) is 0 Å². The Bertz CT molecular complexity index is 145. The van der Waals surface area contributed by atoms with Gasteiger partial charge < -0.3 is 20.4 Å². The third kappa shape index (κ3) is 7.71. The average molecular weight is 248 g/mol. The second-order valence-electron chi connectivity index (χ2n) is 4.88. The molecule has 0 saturated heterocycles. The lowest BCUT2D eigenvalue weighted by molar-refractivity contribution is 0.0234. The van der Waals surface area contributed by atoms with Crippen LogP contribution in [0.1, 0.15) is 51.4 Å². The predicted molar refractivity (Wildman–Crippen MR) is 67.7 cm³/mol. The fourth-order valence-corrected chi connectivity index (χ4v) is 2.07. The highest BCUT2D eigenvalue weighted by atomic mass is 16.3. The van der Waals surface area contributed by atoms with Crippen LogP contribution in [0, 0.1) is 5.41 Å². The summed E-state index contributed by atoms with van der Waals surface area (Å²) in [7, 11) is 0. The fraction of sp³-hybridized carbons (Fsp3) is 1.00. The summed E-state index contributed by atoms with van der Waals surface area (Å²) in [6, 6.07) is 0. The van der Waals surface area contributed by atoms with Gasteiger partial charge in [-0.25, -0.2) is 0 Å². The van der Waals surface area contributed by atoms with E-state index >= 15 is 0 Å². The van der Waals surface area contributed by atoms with E-state index in [0.717, 1.165) is 32.1 Å². The van der Waals surface area contributed by atoms with Crippen LogP contribution >= 0.6 is 0 Å². The molecule has 0 amide bonds. The van der Waals surface area contributed by atoms with Gasteiger partial charge in [-0.2, -0.15) is 0 Å². The van der Waals surface area contributed by atoms with Crippen LogP contribution < -0.4 is 0 Å². The van der Waals surface area contributed by atoms with E-state index in [9.17, 15) is 0 Å². The van der Waals surface area contributed by atoms with Crippen LogP contribution in [0.5, 0.6) is 0 Å². The molecular weight excluding hydrogens is 220 g/mol. The Morgan fingerprint density at radius 3 is 1.41 bits per heavy atom. The summed E-state index contributed by atoms with van der Waals surface area (Å²) in [5, 5.41) is 34.4. The lowest BCUT2D eigenvalue weighted by Crippen LogP contribution is -2.31. The summed E-state index contributed by atoms with van der Waals surface area (Å²) in [4.78, 5) is 0. The minimum atomic E-state index is -0.127. The molecule has 4 nitrogen and oxygen atoms in total. The number of unbranched alkanes of at least 4 members (excludes halogenated alkanes) is 2. The maximum absolute atomic E-state index is 8.98. The average Bonchev–Trinajstić information content (AvgIpc) is 2.41. The van der Waals surface area contributed by atoms with Gasteiger partial charge in [0.15, 0.2) is 0 Å². The van der Waals surface area contributed by atoms with E-state index in [4.69, 9.17) is 20.4 Å². The standard InChI is InChI=1S/C8H16O2.C5H12O2/c9-6-8(7-10)4-2-1-3-5-8;6-4-2-1-3-5-7/h9-10H,1-7H2;6-7H,1-5H2. The van der Waals surface area contributed by atoms with E-state index in [-0.39, 0.29) is 31.8 Å². The second-order valence-corrected chi connectivity index (χ2v) is 4.88. The van der Waals surface area contributed by atoms with Crippen molar-refractivity contribution in [3.8, 4) is 0 Å². The van der Waals surface area contributed by atoms with Gasteiger partial charge in [-0.15, -0.1) is 0 Å². The Labute approximate surface area is 104 Å². The number of rotatable bonds is 6. The molecule has 1 saturated carbocycles. The van der Waals surface area contributed by atoms with Crippen LogP contribution in [-0.4, -0.2) is 46.9 Å². The van der Waals surface area contributed by atoms with E-state index in [1.807, 2.05) is 0 Å². The number of hydrogen-bond donors (Lipinski definition) is 4. The minimum Gasteiger partial charge on any atom is -0.396 e. The van der Waals surface area contributed by atoms with Gasteiger partial charge in [0.2, 0.25) is 0 Å². The number of hydrogen-bond acceptors (Lipinski definition) is 4. The van der Waals surface area contributed by atoms with Crippen LogP contribution in [-0.2, 0) is 0 Å². The topological polar surface area (TPSA) is 80.9 Å². The molecule has 0 aromatic carbocycles. The molecule has 17 heavy (non-hydrogen) atoms. The first-order valence-corrected chi connectivity index (χ1v) is 6.68. The van der Waals surface area contributed by atoms with Gasteiger partial charge in [0, 0.05) is 18.6 Å². The van der Waals surface area contributed by atoms with Crippen molar-refractivity contribution in [2.24, 2.45) is 5.41 Å². The van der Waals surface area contributed by atoms with Gasteiger partial charge in [-0.3, -0.25) is 0 Å². The zero-order chi connectivity index (χ0) is 13.0. The fourth-order valence-electron chi connectivity index (χ4n) is 2.07. The van der Waals surface area contributed by atoms with Gasteiger partial charge in [-0.1, -0.05) is 19.3 Å². The minimum absolute atomic E-state index is 0.127. The van der Waals surface area contributed by atoms with Crippen molar-refractivity contribution in [2.75, 3.05) is 26.4 Å². The first-order chi connectivity index (χ1) is 8.24. The zero-order valence-corrected chi connectivity index (χ0v) is 10.8. The van der Waals surface area contributed by atoms with Crippen molar-refractivity contribution >= 4 is 0 Å². The Morgan fingerprint density at radius 2 is 1.12 bits per heavy atom. The van der Waals surface area contributed by atoms with E-state index in [0.29, 0.717) is 0 Å². The van der Waals surface area contributed by atoms with E-state index in [1.165, 1.54) is 19.3 Å². The molecule has 104 valence electrons. The second kappa shape index (κ2) is 11.0. The highest BCUT2D eigenvalue weighted by Gasteiger charge is 2.30. The van der Waals surface area contributed by atoms with Crippen molar-refractivity contribution in [2.45, 2.75) is 51.4 Å². The van der Waals surface area contributed by atoms with Crippen molar-refractivity contribution in [1.29, 1.82) is 0 Å². The molecule has 0 atom stereocenters. The predicted octanol–water partition coefficient (Wildman–Crippen LogP) is 1.06. The lowest BCUT2D eigenvalue weighted by Gasteiger charge is -2.33. The zero-order valence-electron chi connectivity index (χ0n) is 10.8. The molecule has 4 N–H and O–H groups in total. The van der Waals surface area contributed by atoms with Crippen LogP contribution in [0.25, 0.3) is 0 Å². The van der Waals surface area contributed by atoms with E-state index < -0.39 is 0 Å². The molecule has 1 rings (SSSR count). The summed E-state index contributed by atoms with van der Waals surface area (Å²) in [6.45, 7) is 0.812. The molecular formula is C13H28O4. The van der Waals surface area contributed by atoms with Crippen LogP contribution in [0.4, 0.5) is 0 Å². The normalized spacial score (nSPS) is 18.4. The Balaban J connectivity index is 0.000000325. The van der Waals surface area contributed by atoms with Gasteiger partial charge >= 0.3 is 0 Å². The molecule has 0 unspecified atom stereocenters. The Kier molecular flexibility index (Phi) is 10.9. The van der Waals surface area contributed by atoms with Crippen LogP contribution in [0.3, 0.4) is 0 Å². The summed E-state index contributed by atoms with van der Waals surface area (Å²) < 4.78 is 0. The highest BCUT2D eigenvalue weighted by Crippen LogP contribution is 2.34. The molecule has 0 aromatic heterocycles. The first kappa shape index (κ1) is 16.8. The Hall–Kier alpha value is -0.160. The van der Waals surface area contributed by atoms with Crippen LogP contribution in [0.2, 0.25) is 0 Å². The molecule has 0 spiro atoms. The SMILES string of the molecule is OCC1(CO)CCCCC1.OCCCCCO. The maximum Gasteiger partial charge on any atom is 0.0509 e. The maximum atomic E-state index is 8.98. The van der Waals surface area contributed by atoms with Gasteiger partial charge in [-0.05, 0) is 32.1 Å². The van der Waals surface area contributed by atoms with Crippen molar-refractivity contribution in [3.63, 3.8) is 0 Å². The van der Waals surface area contributed by atoms with Crippen molar-refractivity contribution in [1.82, 2.24) is 0 Å². The Morgan fingerprint density at radius 1 is 0.647 bits per heavy atom. The number of aliphatic hydroxyl groups excluding tert-OH is 4. The summed E-state index contributed by atoms with van der Waals surface area (Å²) >= 11 is 0. The van der Waals surface area contributed by atoms with Crippen molar-refractivity contribution in [3.05, 3.63) is 0 Å². The van der Waals surface area contributed by atoms with Crippen LogP contribution in [0.15, 0.2) is 0 Å². The molecule has 0 aromatic rings. The van der Waals surface area contributed by atoms with Gasteiger partial charge in [0.05, 0.1) is 13.2 Å². The first-order valence-electron chi connectivity index (χ1n) is 6.68. The molecule has 0 aliphatic heterocycles. The summed E-state index contributed by atoms with van der Waals surface area (Å²) in [5.41, 5.74) is -0.127. The molecule has 1 aliphatic carbocycles. The monoisotopic (exact) mass is 248 g/mol. The molecule has 0 radical (unpaired) electrons. The van der Waals surface area contributed by atoms with E-state index in [2.05, 4.69) is 0 Å². The molecule has 1 fully saturated rings. The third-order valence-corrected chi connectivity index (χ3v) is 3.40. The molecule has 1 aliphatic rings. The summed E-state index contributed by atoms with van der Waals surface area (Å²) in [6.07, 6.45) is 8.18. The molecule has 4 heteroatoms. The third-order valence-electron chi connectivity index (χ3n) is 3.40. The number of aliphatic hydroxyl groups is 4. The molecule has 0 heterocycles. The largest absolute Gasteiger partial charge is 0.396 e.